The first-order chi connectivity index (χ1) is 6.81. The summed E-state index contributed by atoms with van der Waals surface area (Å²) in [6.07, 6.45) is 0. The van der Waals surface area contributed by atoms with Gasteiger partial charge < -0.3 is 15.6 Å². The smallest absolute Gasteiger partial charge is 0.177 e. The molecule has 0 saturated carbocycles. The number of hydrogen-bond acceptors (Lipinski definition) is 4. The van der Waals surface area contributed by atoms with Crippen LogP contribution in [0.15, 0.2) is 28.8 Å². The number of nitrogens with one attached hydrogen (secondary N) is 1. The quantitative estimate of drug-likeness (QED) is 0.773. The number of benzene rings is 1. The lowest BCUT2D eigenvalue weighted by molar-refractivity contribution is 0.458. The summed E-state index contributed by atoms with van der Waals surface area (Å²) in [4.78, 5) is 0. The lowest BCUT2D eigenvalue weighted by Gasteiger charge is -2.08. The van der Waals surface area contributed by atoms with Crippen LogP contribution in [0.1, 0.15) is 6.92 Å². The third-order valence-electron chi connectivity index (χ3n) is 2.11. The van der Waals surface area contributed by atoms with Crippen LogP contribution in [-0.2, 0) is 0 Å². The number of fused-ring (bicyclic) bond motifs is 1. The molecule has 2 rings (SSSR count). The zero-order valence-electron chi connectivity index (χ0n) is 8.03. The Labute approximate surface area is 82.1 Å². The van der Waals surface area contributed by atoms with Crippen LogP contribution < -0.4 is 11.1 Å². The minimum atomic E-state index is 0.198. The molecule has 0 fully saturated rings. The Kier molecular flexibility index (Phi) is 2.37. The molecule has 0 aliphatic rings. The lowest BCUT2D eigenvalue weighted by atomic mass is 10.2. The van der Waals surface area contributed by atoms with Crippen molar-refractivity contribution in [3.63, 3.8) is 0 Å². The van der Waals surface area contributed by atoms with Crippen molar-refractivity contribution in [1.82, 2.24) is 5.16 Å². The third kappa shape index (κ3) is 1.56. The van der Waals surface area contributed by atoms with Gasteiger partial charge in [-0.05, 0) is 19.1 Å². The van der Waals surface area contributed by atoms with Gasteiger partial charge in [0.15, 0.2) is 11.4 Å². The van der Waals surface area contributed by atoms with E-state index < -0.39 is 0 Å². The van der Waals surface area contributed by atoms with Gasteiger partial charge in [-0.15, -0.1) is 0 Å². The highest BCUT2D eigenvalue weighted by molar-refractivity contribution is 5.87. The van der Waals surface area contributed by atoms with Gasteiger partial charge in [-0.2, -0.15) is 0 Å². The number of rotatable bonds is 3. The van der Waals surface area contributed by atoms with Gasteiger partial charge in [0.05, 0.1) is 5.39 Å². The van der Waals surface area contributed by atoms with E-state index in [0.717, 1.165) is 16.8 Å². The molecular formula is C10H13N3O. The fraction of sp³-hybridized carbons (Fsp3) is 0.300. The topological polar surface area (TPSA) is 64.1 Å². The zero-order chi connectivity index (χ0) is 9.97. The maximum atomic E-state index is 5.51. The van der Waals surface area contributed by atoms with E-state index in [1.54, 1.807) is 0 Å². The van der Waals surface area contributed by atoms with Crippen molar-refractivity contribution >= 4 is 16.8 Å². The normalized spacial score (nSPS) is 13.0. The van der Waals surface area contributed by atoms with Crippen LogP contribution in [-0.4, -0.2) is 17.7 Å². The van der Waals surface area contributed by atoms with E-state index in [4.69, 9.17) is 10.3 Å². The van der Waals surface area contributed by atoms with Crippen LogP contribution in [0.5, 0.6) is 0 Å². The maximum absolute atomic E-state index is 5.51. The molecule has 0 aliphatic heterocycles. The SMILES string of the molecule is CC(CN)Nc1noc2ccccc12. The molecule has 4 heteroatoms. The fourth-order valence-electron chi connectivity index (χ4n) is 1.28. The molecule has 1 aromatic heterocycles. The van der Waals surface area contributed by atoms with Gasteiger partial charge in [0.25, 0.3) is 0 Å². The van der Waals surface area contributed by atoms with Crippen LogP contribution in [0, 0.1) is 0 Å². The standard InChI is InChI=1S/C10H13N3O/c1-7(6-11)12-10-8-4-2-3-5-9(8)14-13-10/h2-5,7H,6,11H2,1H3,(H,12,13). The van der Waals surface area contributed by atoms with Gasteiger partial charge in [-0.1, -0.05) is 17.3 Å². The summed E-state index contributed by atoms with van der Waals surface area (Å²) in [5, 5.41) is 8.12. The maximum Gasteiger partial charge on any atom is 0.177 e. The van der Waals surface area contributed by atoms with Crippen molar-refractivity contribution in [2.75, 3.05) is 11.9 Å². The summed E-state index contributed by atoms with van der Waals surface area (Å²) >= 11 is 0. The van der Waals surface area contributed by atoms with E-state index in [9.17, 15) is 0 Å². The first kappa shape index (κ1) is 9.02. The summed E-state index contributed by atoms with van der Waals surface area (Å²) in [6.45, 7) is 2.57. The molecule has 0 saturated heterocycles. The van der Waals surface area contributed by atoms with Gasteiger partial charge in [0, 0.05) is 12.6 Å². The van der Waals surface area contributed by atoms with Gasteiger partial charge in [-0.3, -0.25) is 0 Å². The molecule has 0 bridgehead atoms. The molecule has 1 heterocycles. The van der Waals surface area contributed by atoms with Crippen molar-refractivity contribution in [1.29, 1.82) is 0 Å². The number of para-hydroxylation sites is 1. The van der Waals surface area contributed by atoms with Gasteiger partial charge in [0.2, 0.25) is 0 Å². The van der Waals surface area contributed by atoms with Crippen molar-refractivity contribution in [2.45, 2.75) is 13.0 Å². The van der Waals surface area contributed by atoms with E-state index in [2.05, 4.69) is 10.5 Å². The number of nitrogens with zero attached hydrogens (tertiary/aromatic N) is 1. The van der Waals surface area contributed by atoms with Crippen molar-refractivity contribution in [2.24, 2.45) is 5.73 Å². The minimum absolute atomic E-state index is 0.198. The van der Waals surface area contributed by atoms with E-state index in [1.807, 2.05) is 31.2 Å². The van der Waals surface area contributed by atoms with Crippen LogP contribution >= 0.6 is 0 Å². The predicted octanol–water partition coefficient (Wildman–Crippen LogP) is 1.59. The highest BCUT2D eigenvalue weighted by Gasteiger charge is 2.08. The lowest BCUT2D eigenvalue weighted by Crippen LogP contribution is -2.25. The van der Waals surface area contributed by atoms with E-state index in [1.165, 1.54) is 0 Å². The number of anilines is 1. The van der Waals surface area contributed by atoms with E-state index in [-0.39, 0.29) is 6.04 Å². The average Bonchev–Trinajstić information content (AvgIpc) is 2.62. The Morgan fingerprint density at radius 2 is 2.29 bits per heavy atom. The van der Waals surface area contributed by atoms with Crippen LogP contribution in [0.2, 0.25) is 0 Å². The van der Waals surface area contributed by atoms with Gasteiger partial charge >= 0.3 is 0 Å². The highest BCUT2D eigenvalue weighted by atomic mass is 16.5. The van der Waals surface area contributed by atoms with Gasteiger partial charge in [0.1, 0.15) is 0 Å². The first-order valence-electron chi connectivity index (χ1n) is 4.62. The predicted molar refractivity (Wildman–Crippen MR) is 56.1 cm³/mol. The van der Waals surface area contributed by atoms with Crippen LogP contribution in [0.3, 0.4) is 0 Å². The van der Waals surface area contributed by atoms with E-state index >= 15 is 0 Å². The molecule has 2 aromatic rings. The molecule has 4 nitrogen and oxygen atoms in total. The first-order valence-corrected chi connectivity index (χ1v) is 4.62. The van der Waals surface area contributed by atoms with Crippen LogP contribution in [0.25, 0.3) is 11.0 Å². The second kappa shape index (κ2) is 3.67. The highest BCUT2D eigenvalue weighted by Crippen LogP contribution is 2.22. The summed E-state index contributed by atoms with van der Waals surface area (Å²) in [7, 11) is 0. The van der Waals surface area contributed by atoms with Crippen LogP contribution in [0.4, 0.5) is 5.82 Å². The Balaban J connectivity index is 2.33. The Hall–Kier alpha value is -1.55. The number of hydrogen-bond donors (Lipinski definition) is 2. The Bertz CT molecular complexity index is 424. The molecule has 14 heavy (non-hydrogen) atoms. The second-order valence-corrected chi connectivity index (χ2v) is 3.31. The monoisotopic (exact) mass is 191 g/mol. The number of aromatic nitrogens is 1. The molecule has 0 radical (unpaired) electrons. The zero-order valence-corrected chi connectivity index (χ0v) is 8.03. The third-order valence-corrected chi connectivity index (χ3v) is 2.11. The molecule has 1 aromatic carbocycles. The average molecular weight is 191 g/mol. The second-order valence-electron chi connectivity index (χ2n) is 3.31. The number of nitrogens with two attached hydrogens (primary N) is 1. The summed E-state index contributed by atoms with van der Waals surface area (Å²) in [5.41, 5.74) is 6.30. The molecule has 0 spiro atoms. The molecule has 0 aliphatic carbocycles. The molecule has 1 atom stereocenters. The molecular weight excluding hydrogens is 178 g/mol. The van der Waals surface area contributed by atoms with E-state index in [0.29, 0.717) is 6.54 Å². The fourth-order valence-corrected chi connectivity index (χ4v) is 1.28. The van der Waals surface area contributed by atoms with Crippen molar-refractivity contribution < 1.29 is 4.52 Å². The summed E-state index contributed by atoms with van der Waals surface area (Å²) < 4.78 is 5.14. The minimum Gasteiger partial charge on any atom is -0.363 e. The van der Waals surface area contributed by atoms with Gasteiger partial charge in [-0.25, -0.2) is 0 Å². The Morgan fingerprint density at radius 1 is 1.50 bits per heavy atom. The summed E-state index contributed by atoms with van der Waals surface area (Å²) in [5.74, 6) is 0.763. The summed E-state index contributed by atoms with van der Waals surface area (Å²) in [6, 6.07) is 7.93. The van der Waals surface area contributed by atoms with Crippen molar-refractivity contribution in [3.8, 4) is 0 Å². The molecule has 1 unspecified atom stereocenters. The molecule has 0 amide bonds. The largest absolute Gasteiger partial charge is 0.363 e. The van der Waals surface area contributed by atoms with Crippen molar-refractivity contribution in [3.05, 3.63) is 24.3 Å². The molecule has 3 N–H and O–H groups in total. The molecule has 74 valence electrons. The Morgan fingerprint density at radius 3 is 3.07 bits per heavy atom.